The lowest BCUT2D eigenvalue weighted by molar-refractivity contribution is 0.0594. The van der Waals surface area contributed by atoms with Crippen molar-refractivity contribution in [2.75, 3.05) is 12.4 Å². The molecule has 2 rings (SSSR count). The molecule has 0 unspecified atom stereocenters. The van der Waals surface area contributed by atoms with Gasteiger partial charge in [-0.2, -0.15) is 0 Å². The van der Waals surface area contributed by atoms with Gasteiger partial charge in [0.25, 0.3) is 0 Å². The SMILES string of the molecule is COC(=O)c1nc(Nc2cccc(Br)c2)sc1C. The van der Waals surface area contributed by atoms with E-state index in [0.717, 1.165) is 15.0 Å². The van der Waals surface area contributed by atoms with Gasteiger partial charge in [0.15, 0.2) is 10.8 Å². The molecule has 0 fully saturated rings. The number of aromatic nitrogens is 1. The number of nitrogens with one attached hydrogen (secondary N) is 1. The van der Waals surface area contributed by atoms with Crippen molar-refractivity contribution in [1.82, 2.24) is 4.98 Å². The van der Waals surface area contributed by atoms with Gasteiger partial charge in [-0.1, -0.05) is 22.0 Å². The third kappa shape index (κ3) is 2.88. The Morgan fingerprint density at radius 2 is 2.28 bits per heavy atom. The van der Waals surface area contributed by atoms with Crippen molar-refractivity contribution in [3.63, 3.8) is 0 Å². The number of rotatable bonds is 3. The van der Waals surface area contributed by atoms with Crippen LogP contribution in [0.5, 0.6) is 0 Å². The van der Waals surface area contributed by atoms with E-state index in [0.29, 0.717) is 10.8 Å². The van der Waals surface area contributed by atoms with Crippen molar-refractivity contribution < 1.29 is 9.53 Å². The van der Waals surface area contributed by atoms with Gasteiger partial charge in [-0.3, -0.25) is 0 Å². The highest BCUT2D eigenvalue weighted by Crippen LogP contribution is 2.26. The predicted octanol–water partition coefficient (Wildman–Crippen LogP) is 3.74. The van der Waals surface area contributed by atoms with Crippen LogP contribution in [0.3, 0.4) is 0 Å². The quantitative estimate of drug-likeness (QED) is 0.873. The molecule has 1 N–H and O–H groups in total. The van der Waals surface area contributed by atoms with Gasteiger partial charge < -0.3 is 10.1 Å². The van der Waals surface area contributed by atoms with Crippen molar-refractivity contribution >= 4 is 44.1 Å². The summed E-state index contributed by atoms with van der Waals surface area (Å²) in [6.07, 6.45) is 0. The molecular weight excluding hydrogens is 316 g/mol. The van der Waals surface area contributed by atoms with Crippen molar-refractivity contribution in [3.8, 4) is 0 Å². The summed E-state index contributed by atoms with van der Waals surface area (Å²) in [5.41, 5.74) is 1.27. The number of anilines is 2. The molecule has 0 radical (unpaired) electrons. The number of methoxy groups -OCH3 is 1. The van der Waals surface area contributed by atoms with Crippen molar-refractivity contribution in [1.29, 1.82) is 0 Å². The number of carbonyl (C=O) groups is 1. The Hall–Kier alpha value is -1.40. The van der Waals surface area contributed by atoms with E-state index < -0.39 is 5.97 Å². The molecule has 0 bridgehead atoms. The van der Waals surface area contributed by atoms with Crippen molar-refractivity contribution in [3.05, 3.63) is 39.3 Å². The molecule has 1 aromatic heterocycles. The number of nitrogens with zero attached hydrogens (tertiary/aromatic N) is 1. The van der Waals surface area contributed by atoms with Crippen LogP contribution in [0, 0.1) is 6.92 Å². The summed E-state index contributed by atoms with van der Waals surface area (Å²) in [5.74, 6) is -0.411. The smallest absolute Gasteiger partial charge is 0.357 e. The summed E-state index contributed by atoms with van der Waals surface area (Å²) < 4.78 is 5.65. The summed E-state index contributed by atoms with van der Waals surface area (Å²) in [7, 11) is 1.35. The molecule has 4 nitrogen and oxygen atoms in total. The van der Waals surface area contributed by atoms with Gasteiger partial charge in [-0.25, -0.2) is 9.78 Å². The standard InChI is InChI=1S/C12H11BrN2O2S/c1-7-10(11(16)17-2)15-12(18-7)14-9-5-3-4-8(13)6-9/h3-6H,1-2H3,(H,14,15). The summed E-state index contributed by atoms with van der Waals surface area (Å²) in [6, 6.07) is 7.74. The zero-order chi connectivity index (χ0) is 13.1. The number of benzene rings is 1. The first kappa shape index (κ1) is 13.0. The number of carbonyl (C=O) groups excluding carboxylic acids is 1. The molecule has 0 amide bonds. The molecule has 1 aromatic carbocycles. The predicted molar refractivity (Wildman–Crippen MR) is 75.6 cm³/mol. The minimum atomic E-state index is -0.411. The summed E-state index contributed by atoms with van der Waals surface area (Å²) >= 11 is 4.82. The first-order valence-corrected chi connectivity index (χ1v) is 6.79. The second-order valence-corrected chi connectivity index (χ2v) is 5.67. The first-order chi connectivity index (χ1) is 8.60. The zero-order valence-electron chi connectivity index (χ0n) is 9.86. The van der Waals surface area contributed by atoms with E-state index >= 15 is 0 Å². The van der Waals surface area contributed by atoms with Crippen LogP contribution in [0.25, 0.3) is 0 Å². The molecule has 2 aromatic rings. The maximum absolute atomic E-state index is 11.4. The van der Waals surface area contributed by atoms with Gasteiger partial charge in [-0.05, 0) is 25.1 Å². The molecule has 1 heterocycles. The van der Waals surface area contributed by atoms with Crippen LogP contribution in [0.4, 0.5) is 10.8 Å². The number of hydrogen-bond acceptors (Lipinski definition) is 5. The van der Waals surface area contributed by atoms with Crippen molar-refractivity contribution in [2.45, 2.75) is 6.92 Å². The van der Waals surface area contributed by atoms with E-state index in [-0.39, 0.29) is 0 Å². The highest BCUT2D eigenvalue weighted by atomic mass is 79.9. The monoisotopic (exact) mass is 326 g/mol. The Kier molecular flexibility index (Phi) is 3.98. The van der Waals surface area contributed by atoms with Gasteiger partial charge in [0.05, 0.1) is 7.11 Å². The average molecular weight is 327 g/mol. The maximum atomic E-state index is 11.4. The Balaban J connectivity index is 2.23. The Labute approximate surface area is 117 Å². The van der Waals surface area contributed by atoms with Crippen LogP contribution < -0.4 is 5.32 Å². The number of aryl methyl sites for hydroxylation is 1. The van der Waals surface area contributed by atoms with Crippen LogP contribution in [-0.2, 0) is 4.74 Å². The van der Waals surface area contributed by atoms with Gasteiger partial charge in [0.1, 0.15) is 0 Å². The highest BCUT2D eigenvalue weighted by molar-refractivity contribution is 9.10. The fraction of sp³-hybridized carbons (Fsp3) is 0.167. The number of hydrogen-bond donors (Lipinski definition) is 1. The van der Waals surface area contributed by atoms with Gasteiger partial charge in [0.2, 0.25) is 0 Å². The molecule has 0 aliphatic heterocycles. The summed E-state index contributed by atoms with van der Waals surface area (Å²) in [5, 5.41) is 3.83. The molecule has 18 heavy (non-hydrogen) atoms. The van der Waals surface area contributed by atoms with Crippen LogP contribution in [0.15, 0.2) is 28.7 Å². The number of esters is 1. The molecule has 0 spiro atoms. The normalized spacial score (nSPS) is 10.2. The lowest BCUT2D eigenvalue weighted by atomic mass is 10.3. The maximum Gasteiger partial charge on any atom is 0.357 e. The molecule has 0 atom stereocenters. The summed E-state index contributed by atoms with van der Waals surface area (Å²) in [6.45, 7) is 1.84. The Morgan fingerprint density at radius 1 is 1.50 bits per heavy atom. The molecule has 94 valence electrons. The van der Waals surface area contributed by atoms with Gasteiger partial charge in [0, 0.05) is 15.0 Å². The Bertz CT molecular complexity index is 583. The molecule has 0 aliphatic rings. The fourth-order valence-electron chi connectivity index (χ4n) is 1.43. The lowest BCUT2D eigenvalue weighted by Crippen LogP contribution is -2.03. The topological polar surface area (TPSA) is 51.2 Å². The number of ether oxygens (including phenoxy) is 1. The van der Waals surface area contributed by atoms with E-state index in [9.17, 15) is 4.79 Å². The number of thiazole rings is 1. The van der Waals surface area contributed by atoms with Crippen LogP contribution in [-0.4, -0.2) is 18.1 Å². The molecule has 0 saturated heterocycles. The van der Waals surface area contributed by atoms with E-state index in [4.69, 9.17) is 0 Å². The van der Waals surface area contributed by atoms with E-state index in [1.807, 2.05) is 31.2 Å². The average Bonchev–Trinajstić information content (AvgIpc) is 2.69. The second kappa shape index (κ2) is 5.49. The van der Waals surface area contributed by atoms with E-state index in [1.165, 1.54) is 18.4 Å². The fourth-order valence-corrected chi connectivity index (χ4v) is 2.65. The third-order valence-corrected chi connectivity index (χ3v) is 3.63. The lowest BCUT2D eigenvalue weighted by Gasteiger charge is -2.02. The second-order valence-electron chi connectivity index (χ2n) is 3.55. The molecule has 6 heteroatoms. The van der Waals surface area contributed by atoms with Crippen LogP contribution >= 0.6 is 27.3 Å². The molecular formula is C12H11BrN2O2S. The number of halogens is 1. The van der Waals surface area contributed by atoms with Gasteiger partial charge >= 0.3 is 5.97 Å². The highest BCUT2D eigenvalue weighted by Gasteiger charge is 2.15. The minimum Gasteiger partial charge on any atom is -0.464 e. The van der Waals surface area contributed by atoms with Crippen LogP contribution in [0.2, 0.25) is 0 Å². The molecule has 0 aliphatic carbocycles. The summed E-state index contributed by atoms with van der Waals surface area (Å²) in [4.78, 5) is 16.5. The minimum absolute atomic E-state index is 0.361. The van der Waals surface area contributed by atoms with E-state index in [1.54, 1.807) is 0 Å². The third-order valence-electron chi connectivity index (χ3n) is 2.25. The molecule has 0 saturated carbocycles. The zero-order valence-corrected chi connectivity index (χ0v) is 12.3. The first-order valence-electron chi connectivity index (χ1n) is 5.18. The van der Waals surface area contributed by atoms with Crippen LogP contribution in [0.1, 0.15) is 15.4 Å². The van der Waals surface area contributed by atoms with Gasteiger partial charge in [-0.15, -0.1) is 11.3 Å². The van der Waals surface area contributed by atoms with Crippen molar-refractivity contribution in [2.24, 2.45) is 0 Å². The Morgan fingerprint density at radius 3 is 2.94 bits per heavy atom. The van der Waals surface area contributed by atoms with E-state index in [2.05, 4.69) is 31.0 Å². The largest absolute Gasteiger partial charge is 0.464 e.